The standard InChI is InChI=1S/C22H27N3O2/c1-15-13-25(14-16(2)27-15)21-11-7-6-10-19(21)23-22(26)24-20-12-18(20)17-8-4-3-5-9-17/h3-11,15-16,18,20H,12-14H2,1-2H3,(H2,23,24,26)/t15-,16-,18-,20-/m1/s1. The lowest BCUT2D eigenvalue weighted by Crippen LogP contribution is -2.45. The summed E-state index contributed by atoms with van der Waals surface area (Å²) >= 11 is 0. The Labute approximate surface area is 160 Å². The number of amides is 2. The Balaban J connectivity index is 1.39. The summed E-state index contributed by atoms with van der Waals surface area (Å²) in [6.07, 6.45) is 1.35. The largest absolute Gasteiger partial charge is 0.372 e. The van der Waals surface area contributed by atoms with E-state index in [9.17, 15) is 4.79 Å². The van der Waals surface area contributed by atoms with Gasteiger partial charge in [-0.2, -0.15) is 0 Å². The minimum Gasteiger partial charge on any atom is -0.372 e. The molecule has 1 saturated heterocycles. The van der Waals surface area contributed by atoms with Crippen molar-refractivity contribution in [3.05, 3.63) is 60.2 Å². The Morgan fingerprint density at radius 3 is 2.41 bits per heavy atom. The smallest absolute Gasteiger partial charge is 0.319 e. The lowest BCUT2D eigenvalue weighted by atomic mass is 10.1. The molecule has 2 fully saturated rings. The molecule has 0 spiro atoms. The summed E-state index contributed by atoms with van der Waals surface area (Å²) in [7, 11) is 0. The Bertz CT molecular complexity index is 785. The maximum Gasteiger partial charge on any atom is 0.319 e. The van der Waals surface area contributed by atoms with Crippen LogP contribution in [0, 0.1) is 0 Å². The van der Waals surface area contributed by atoms with E-state index in [-0.39, 0.29) is 24.3 Å². The zero-order valence-corrected chi connectivity index (χ0v) is 15.9. The average Bonchev–Trinajstić information content (AvgIpc) is 3.41. The lowest BCUT2D eigenvalue weighted by Gasteiger charge is -2.37. The first-order valence-electron chi connectivity index (χ1n) is 9.72. The van der Waals surface area contributed by atoms with Gasteiger partial charge in [-0.25, -0.2) is 4.79 Å². The average molecular weight is 365 g/mol. The molecule has 142 valence electrons. The quantitative estimate of drug-likeness (QED) is 0.862. The number of hydrogen-bond acceptors (Lipinski definition) is 3. The summed E-state index contributed by atoms with van der Waals surface area (Å²) < 4.78 is 5.83. The predicted octanol–water partition coefficient (Wildman–Crippen LogP) is 3.98. The summed E-state index contributed by atoms with van der Waals surface area (Å²) in [5, 5.41) is 6.15. The summed E-state index contributed by atoms with van der Waals surface area (Å²) in [5.74, 6) is 0.424. The molecule has 2 aromatic rings. The molecule has 0 unspecified atom stereocenters. The molecule has 27 heavy (non-hydrogen) atoms. The summed E-state index contributed by atoms with van der Waals surface area (Å²) in [4.78, 5) is 14.8. The number of carbonyl (C=O) groups is 1. The molecule has 0 aromatic heterocycles. The number of ether oxygens (including phenoxy) is 1. The van der Waals surface area contributed by atoms with Crippen LogP contribution in [0.1, 0.15) is 31.7 Å². The van der Waals surface area contributed by atoms with Crippen LogP contribution in [0.4, 0.5) is 16.2 Å². The number of hydrogen-bond donors (Lipinski definition) is 2. The number of para-hydroxylation sites is 2. The van der Waals surface area contributed by atoms with Crippen molar-refractivity contribution in [3.63, 3.8) is 0 Å². The number of nitrogens with one attached hydrogen (secondary N) is 2. The van der Waals surface area contributed by atoms with Gasteiger partial charge in [-0.15, -0.1) is 0 Å². The SMILES string of the molecule is C[C@@H]1CN(c2ccccc2NC(=O)N[C@@H]2C[C@@H]2c2ccccc2)C[C@@H](C)O1. The number of benzene rings is 2. The van der Waals surface area contributed by atoms with E-state index >= 15 is 0 Å². The fourth-order valence-corrected chi connectivity index (χ4v) is 3.98. The fraction of sp³-hybridized carbons (Fsp3) is 0.409. The first kappa shape index (κ1) is 17.9. The van der Waals surface area contributed by atoms with E-state index in [1.54, 1.807) is 0 Å². The van der Waals surface area contributed by atoms with Crippen LogP contribution >= 0.6 is 0 Å². The van der Waals surface area contributed by atoms with Crippen molar-refractivity contribution >= 4 is 17.4 Å². The van der Waals surface area contributed by atoms with E-state index < -0.39 is 0 Å². The van der Waals surface area contributed by atoms with Crippen molar-refractivity contribution in [2.24, 2.45) is 0 Å². The first-order chi connectivity index (χ1) is 13.1. The minimum absolute atomic E-state index is 0.139. The lowest BCUT2D eigenvalue weighted by molar-refractivity contribution is -0.00517. The van der Waals surface area contributed by atoms with Gasteiger partial charge in [0.2, 0.25) is 0 Å². The highest BCUT2D eigenvalue weighted by Crippen LogP contribution is 2.40. The van der Waals surface area contributed by atoms with Gasteiger partial charge in [-0.3, -0.25) is 0 Å². The minimum atomic E-state index is -0.139. The first-order valence-corrected chi connectivity index (χ1v) is 9.72. The van der Waals surface area contributed by atoms with E-state index in [0.29, 0.717) is 5.92 Å². The van der Waals surface area contributed by atoms with E-state index in [1.165, 1.54) is 5.56 Å². The predicted molar refractivity (Wildman–Crippen MR) is 108 cm³/mol. The van der Waals surface area contributed by atoms with Gasteiger partial charge >= 0.3 is 6.03 Å². The van der Waals surface area contributed by atoms with Crippen LogP contribution in [-0.2, 0) is 4.74 Å². The van der Waals surface area contributed by atoms with E-state index in [1.807, 2.05) is 36.4 Å². The van der Waals surface area contributed by atoms with Crippen LogP contribution < -0.4 is 15.5 Å². The second kappa shape index (κ2) is 7.61. The maximum absolute atomic E-state index is 12.5. The summed E-state index contributed by atoms with van der Waals surface area (Å²) in [6, 6.07) is 18.4. The normalized spacial score (nSPS) is 27.1. The van der Waals surface area contributed by atoms with Crippen LogP contribution in [0.5, 0.6) is 0 Å². The van der Waals surface area contributed by atoms with Crippen LogP contribution in [0.25, 0.3) is 0 Å². The number of anilines is 2. The van der Waals surface area contributed by atoms with Crippen LogP contribution in [0.15, 0.2) is 54.6 Å². The zero-order valence-electron chi connectivity index (χ0n) is 15.9. The topological polar surface area (TPSA) is 53.6 Å². The number of rotatable bonds is 4. The highest BCUT2D eigenvalue weighted by Gasteiger charge is 2.39. The Kier molecular flexibility index (Phi) is 5.03. The Morgan fingerprint density at radius 2 is 1.67 bits per heavy atom. The summed E-state index contributed by atoms with van der Waals surface area (Å²) in [6.45, 7) is 5.82. The van der Waals surface area contributed by atoms with Gasteiger partial charge in [0.05, 0.1) is 23.6 Å². The number of nitrogens with zero attached hydrogens (tertiary/aromatic N) is 1. The molecule has 5 nitrogen and oxygen atoms in total. The Morgan fingerprint density at radius 1 is 1.00 bits per heavy atom. The number of carbonyl (C=O) groups excluding carboxylic acids is 1. The van der Waals surface area contributed by atoms with Gasteiger partial charge in [0.15, 0.2) is 0 Å². The summed E-state index contributed by atoms with van der Waals surface area (Å²) in [5.41, 5.74) is 3.18. The van der Waals surface area contributed by atoms with Gasteiger partial charge in [-0.1, -0.05) is 42.5 Å². The van der Waals surface area contributed by atoms with Crippen molar-refractivity contribution in [2.75, 3.05) is 23.3 Å². The molecule has 1 saturated carbocycles. The third-order valence-corrected chi connectivity index (χ3v) is 5.25. The van der Waals surface area contributed by atoms with Gasteiger partial charge in [0.1, 0.15) is 0 Å². The molecule has 2 N–H and O–H groups in total. The third-order valence-electron chi connectivity index (χ3n) is 5.25. The van der Waals surface area contributed by atoms with Crippen LogP contribution in [0.3, 0.4) is 0 Å². The van der Waals surface area contributed by atoms with Crippen LogP contribution in [-0.4, -0.2) is 37.4 Å². The van der Waals surface area contributed by atoms with Crippen molar-refractivity contribution in [1.82, 2.24) is 5.32 Å². The third kappa shape index (κ3) is 4.25. The number of morpholine rings is 1. The molecule has 1 aliphatic heterocycles. The molecular formula is C22H27N3O2. The second-order valence-electron chi connectivity index (χ2n) is 7.64. The molecule has 1 heterocycles. The monoisotopic (exact) mass is 365 g/mol. The van der Waals surface area contributed by atoms with Gasteiger partial charge in [0.25, 0.3) is 0 Å². The molecule has 0 bridgehead atoms. The molecule has 2 amide bonds. The molecule has 5 heteroatoms. The molecule has 4 atom stereocenters. The highest BCUT2D eigenvalue weighted by molar-refractivity contribution is 5.93. The van der Waals surface area contributed by atoms with E-state index in [0.717, 1.165) is 30.9 Å². The van der Waals surface area contributed by atoms with Crippen molar-refractivity contribution < 1.29 is 9.53 Å². The van der Waals surface area contributed by atoms with Gasteiger partial charge < -0.3 is 20.3 Å². The molecule has 0 radical (unpaired) electrons. The van der Waals surface area contributed by atoms with E-state index in [4.69, 9.17) is 4.74 Å². The molecule has 2 aromatic carbocycles. The van der Waals surface area contributed by atoms with Crippen LogP contribution in [0.2, 0.25) is 0 Å². The fourth-order valence-electron chi connectivity index (χ4n) is 3.98. The molecule has 4 rings (SSSR count). The van der Waals surface area contributed by atoms with Crippen molar-refractivity contribution in [1.29, 1.82) is 0 Å². The van der Waals surface area contributed by atoms with Gasteiger partial charge in [0, 0.05) is 25.0 Å². The van der Waals surface area contributed by atoms with Crippen molar-refractivity contribution in [2.45, 2.75) is 44.4 Å². The second-order valence-corrected chi connectivity index (χ2v) is 7.64. The van der Waals surface area contributed by atoms with Gasteiger partial charge in [-0.05, 0) is 38.0 Å². The molecule has 2 aliphatic rings. The zero-order chi connectivity index (χ0) is 18.8. The Hall–Kier alpha value is -2.53. The highest BCUT2D eigenvalue weighted by atomic mass is 16.5. The van der Waals surface area contributed by atoms with Crippen molar-refractivity contribution in [3.8, 4) is 0 Å². The van der Waals surface area contributed by atoms with E-state index in [2.05, 4.69) is 47.6 Å². The number of urea groups is 1. The maximum atomic E-state index is 12.5. The molecule has 1 aliphatic carbocycles. The molecular weight excluding hydrogens is 338 g/mol.